The summed E-state index contributed by atoms with van der Waals surface area (Å²) in [5, 5.41) is 3.65. The molecule has 0 unspecified atom stereocenters. The summed E-state index contributed by atoms with van der Waals surface area (Å²) >= 11 is 6.08. The number of benzene rings is 4. The number of rotatable bonds is 12. The highest BCUT2D eigenvalue weighted by Gasteiger charge is 2.35. The van der Waals surface area contributed by atoms with Gasteiger partial charge in [0.05, 0.1) is 10.6 Å². The Labute approximate surface area is 283 Å². The van der Waals surface area contributed by atoms with Crippen molar-refractivity contribution in [3.05, 3.63) is 130 Å². The Morgan fingerprint density at radius 3 is 2.13 bits per heavy atom. The number of halogens is 1. The Hall–Kier alpha value is -4.14. The zero-order chi connectivity index (χ0) is 33.4. The SMILES string of the molecule is Cc1ccc(N(CC(=O)N(Cc2cccc(C)c2)[C@@H](Cc2ccccc2)C(=O)NC2CCCCC2)S(=O)(=O)c2ccc(Cl)cc2)cc1. The fourth-order valence-electron chi connectivity index (χ4n) is 6.08. The Morgan fingerprint density at radius 1 is 0.809 bits per heavy atom. The maximum absolute atomic E-state index is 14.7. The quantitative estimate of drug-likeness (QED) is 0.172. The molecule has 1 aliphatic carbocycles. The molecule has 1 atom stereocenters. The number of sulfonamides is 1. The minimum atomic E-state index is -4.19. The third-order valence-electron chi connectivity index (χ3n) is 8.66. The molecule has 47 heavy (non-hydrogen) atoms. The molecule has 0 radical (unpaired) electrons. The van der Waals surface area contributed by atoms with Gasteiger partial charge in [0.1, 0.15) is 12.6 Å². The highest BCUT2D eigenvalue weighted by Crippen LogP contribution is 2.27. The maximum Gasteiger partial charge on any atom is 0.264 e. The fourth-order valence-corrected chi connectivity index (χ4v) is 7.62. The lowest BCUT2D eigenvalue weighted by Crippen LogP contribution is -2.55. The van der Waals surface area contributed by atoms with Gasteiger partial charge in [0.2, 0.25) is 11.8 Å². The molecule has 4 aromatic rings. The summed E-state index contributed by atoms with van der Waals surface area (Å²) in [7, 11) is -4.19. The van der Waals surface area contributed by atoms with Gasteiger partial charge in [0, 0.05) is 24.0 Å². The molecule has 7 nitrogen and oxygen atoms in total. The predicted octanol–water partition coefficient (Wildman–Crippen LogP) is 7.24. The number of carbonyl (C=O) groups is 2. The van der Waals surface area contributed by atoms with Gasteiger partial charge >= 0.3 is 0 Å². The molecule has 1 aliphatic rings. The van der Waals surface area contributed by atoms with E-state index in [9.17, 15) is 18.0 Å². The van der Waals surface area contributed by atoms with Gasteiger partial charge in [0.15, 0.2) is 0 Å². The van der Waals surface area contributed by atoms with Gasteiger partial charge < -0.3 is 10.2 Å². The molecule has 0 spiro atoms. The monoisotopic (exact) mass is 671 g/mol. The molecular weight excluding hydrogens is 630 g/mol. The van der Waals surface area contributed by atoms with Gasteiger partial charge in [0.25, 0.3) is 10.0 Å². The van der Waals surface area contributed by atoms with E-state index in [2.05, 4.69) is 5.32 Å². The number of amides is 2. The molecule has 1 N–H and O–H groups in total. The highest BCUT2D eigenvalue weighted by atomic mass is 35.5. The summed E-state index contributed by atoms with van der Waals surface area (Å²) in [6.07, 6.45) is 5.33. The van der Waals surface area contributed by atoms with Crippen molar-refractivity contribution in [2.24, 2.45) is 0 Å². The number of aryl methyl sites for hydroxylation is 2. The third-order valence-corrected chi connectivity index (χ3v) is 10.7. The van der Waals surface area contributed by atoms with Crippen molar-refractivity contribution in [1.29, 1.82) is 0 Å². The molecule has 9 heteroatoms. The summed E-state index contributed by atoms with van der Waals surface area (Å²) < 4.78 is 29.5. The van der Waals surface area contributed by atoms with Gasteiger partial charge in [-0.05, 0) is 74.2 Å². The van der Waals surface area contributed by atoms with Crippen LogP contribution in [0.2, 0.25) is 5.02 Å². The van der Waals surface area contributed by atoms with Crippen molar-refractivity contribution < 1.29 is 18.0 Å². The number of anilines is 1. The number of nitrogens with one attached hydrogen (secondary N) is 1. The van der Waals surface area contributed by atoms with Crippen LogP contribution in [-0.4, -0.2) is 43.8 Å². The van der Waals surface area contributed by atoms with Crippen LogP contribution in [-0.2, 0) is 32.6 Å². The second-order valence-corrected chi connectivity index (χ2v) is 14.7. The number of hydrogen-bond acceptors (Lipinski definition) is 4. The first-order valence-corrected chi connectivity index (χ1v) is 18.0. The molecule has 246 valence electrons. The van der Waals surface area contributed by atoms with Crippen molar-refractivity contribution in [1.82, 2.24) is 10.2 Å². The molecule has 4 aromatic carbocycles. The van der Waals surface area contributed by atoms with Crippen LogP contribution in [0.3, 0.4) is 0 Å². The van der Waals surface area contributed by atoms with Crippen LogP contribution in [0.5, 0.6) is 0 Å². The number of hydrogen-bond donors (Lipinski definition) is 1. The summed E-state index contributed by atoms with van der Waals surface area (Å²) in [6, 6.07) is 29.5. The third kappa shape index (κ3) is 9.02. The Bertz CT molecular complexity index is 1760. The molecule has 1 saturated carbocycles. The van der Waals surface area contributed by atoms with Crippen molar-refractivity contribution >= 4 is 39.1 Å². The summed E-state index contributed by atoms with van der Waals surface area (Å²) in [4.78, 5) is 30.4. The Morgan fingerprint density at radius 2 is 1.47 bits per heavy atom. The normalized spacial score (nSPS) is 14.3. The van der Waals surface area contributed by atoms with E-state index >= 15 is 0 Å². The molecule has 0 bridgehead atoms. The average Bonchev–Trinajstić information content (AvgIpc) is 3.06. The average molecular weight is 672 g/mol. The zero-order valence-corrected chi connectivity index (χ0v) is 28.5. The van der Waals surface area contributed by atoms with Gasteiger partial charge in [-0.1, -0.05) is 109 Å². The Balaban J connectivity index is 1.56. The first kappa shape index (κ1) is 34.2. The number of nitrogens with zero attached hydrogens (tertiary/aromatic N) is 2. The molecule has 5 rings (SSSR count). The van der Waals surface area contributed by atoms with Crippen LogP contribution in [0.25, 0.3) is 0 Å². The molecular formula is C38H42ClN3O4S. The van der Waals surface area contributed by atoms with Crippen LogP contribution in [0, 0.1) is 13.8 Å². The standard InChI is InChI=1S/C38H42ClN3O4S/c1-28-16-20-34(21-17-28)42(47(45,46)35-22-18-32(39)19-23-35)27-37(43)41(26-31-13-9-10-29(2)24-31)36(25-30-11-5-3-6-12-30)38(44)40-33-14-7-4-8-15-33/h3,5-6,9-13,16-24,33,36H,4,7-8,14-15,25-27H2,1-2H3,(H,40,44)/t36-/m0/s1. The van der Waals surface area contributed by atoms with Crippen molar-refractivity contribution in [3.8, 4) is 0 Å². The summed E-state index contributed by atoms with van der Waals surface area (Å²) in [6.45, 7) is 3.53. The predicted molar refractivity (Wildman–Crippen MR) is 188 cm³/mol. The molecule has 0 aliphatic heterocycles. The van der Waals surface area contributed by atoms with E-state index in [1.54, 1.807) is 17.0 Å². The highest BCUT2D eigenvalue weighted by molar-refractivity contribution is 7.92. The minimum absolute atomic E-state index is 0.0105. The molecule has 1 fully saturated rings. The maximum atomic E-state index is 14.7. The van der Waals surface area contributed by atoms with Crippen molar-refractivity contribution in [3.63, 3.8) is 0 Å². The van der Waals surface area contributed by atoms with Crippen LogP contribution < -0.4 is 9.62 Å². The van der Waals surface area contributed by atoms with E-state index in [-0.39, 0.29) is 29.8 Å². The molecule has 0 aromatic heterocycles. The first-order valence-electron chi connectivity index (χ1n) is 16.1. The first-order chi connectivity index (χ1) is 22.6. The molecule has 2 amide bonds. The lowest BCUT2D eigenvalue weighted by molar-refractivity contribution is -0.140. The van der Waals surface area contributed by atoms with E-state index in [0.29, 0.717) is 10.7 Å². The second kappa shape index (κ2) is 15.6. The minimum Gasteiger partial charge on any atom is -0.352 e. The molecule has 0 saturated heterocycles. The van der Waals surface area contributed by atoms with Gasteiger partial charge in [-0.3, -0.25) is 13.9 Å². The van der Waals surface area contributed by atoms with Gasteiger partial charge in [-0.2, -0.15) is 0 Å². The smallest absolute Gasteiger partial charge is 0.264 e. The van der Waals surface area contributed by atoms with Gasteiger partial charge in [-0.15, -0.1) is 0 Å². The summed E-state index contributed by atoms with van der Waals surface area (Å²) in [5.74, 6) is -0.714. The zero-order valence-electron chi connectivity index (χ0n) is 26.9. The van der Waals surface area contributed by atoms with Crippen LogP contribution in [0.15, 0.2) is 108 Å². The van der Waals surface area contributed by atoms with Crippen LogP contribution in [0.4, 0.5) is 5.69 Å². The van der Waals surface area contributed by atoms with E-state index in [1.807, 2.05) is 80.6 Å². The second-order valence-electron chi connectivity index (χ2n) is 12.4. The lowest BCUT2D eigenvalue weighted by atomic mass is 9.94. The number of carbonyl (C=O) groups excluding carboxylic acids is 2. The van der Waals surface area contributed by atoms with E-state index in [1.165, 1.54) is 24.3 Å². The van der Waals surface area contributed by atoms with Gasteiger partial charge in [-0.25, -0.2) is 8.42 Å². The van der Waals surface area contributed by atoms with Crippen LogP contribution in [0.1, 0.15) is 54.4 Å². The molecule has 0 heterocycles. The summed E-state index contributed by atoms with van der Waals surface area (Å²) in [5.41, 5.74) is 4.08. The lowest BCUT2D eigenvalue weighted by Gasteiger charge is -2.35. The van der Waals surface area contributed by atoms with E-state index < -0.39 is 28.5 Å². The Kier molecular flexibility index (Phi) is 11.4. The van der Waals surface area contributed by atoms with Crippen molar-refractivity contribution in [2.45, 2.75) is 75.9 Å². The van der Waals surface area contributed by atoms with Crippen molar-refractivity contribution in [2.75, 3.05) is 10.8 Å². The fraction of sp³-hybridized carbons (Fsp3) is 0.316. The topological polar surface area (TPSA) is 86.8 Å². The largest absolute Gasteiger partial charge is 0.352 e. The van der Waals surface area contributed by atoms with E-state index in [4.69, 9.17) is 11.6 Å². The van der Waals surface area contributed by atoms with E-state index in [0.717, 1.165) is 58.7 Å². The van der Waals surface area contributed by atoms with Crippen LogP contribution >= 0.6 is 11.6 Å².